The van der Waals surface area contributed by atoms with Crippen molar-refractivity contribution in [2.24, 2.45) is 5.92 Å². The zero-order valence-corrected chi connectivity index (χ0v) is 19.4. The number of amides is 4. The lowest BCUT2D eigenvalue weighted by Gasteiger charge is -2.38. The number of rotatable bonds is 5. The van der Waals surface area contributed by atoms with Crippen molar-refractivity contribution < 1.29 is 14.8 Å². The highest BCUT2D eigenvalue weighted by molar-refractivity contribution is 6.31. The fourth-order valence-corrected chi connectivity index (χ4v) is 4.13. The quantitative estimate of drug-likeness (QED) is 0.425. The maximum Gasteiger partial charge on any atom is 0.347 e. The highest BCUT2D eigenvalue weighted by Gasteiger charge is 2.56. The topological polar surface area (TPSA) is 76.1 Å². The van der Waals surface area contributed by atoms with Crippen LogP contribution in [0.3, 0.4) is 0 Å². The Kier molecular flexibility index (Phi) is 6.69. The van der Waals surface area contributed by atoms with E-state index in [1.165, 1.54) is 4.90 Å². The number of carbonyl (C=O) groups excluding carboxylic acids is 2. The van der Waals surface area contributed by atoms with Crippen LogP contribution in [0.1, 0.15) is 27.7 Å². The van der Waals surface area contributed by atoms with Crippen LogP contribution in [-0.2, 0) is 0 Å². The lowest BCUT2D eigenvalue weighted by molar-refractivity contribution is -0.0954. The fraction of sp³-hybridized carbons (Fsp3) is 0.364. The standard InChI is InChI=1S/C22H26Cl2N4O3/c1-14(2)13-26-21(30)27(18-10-6-8-16(24)12-18)19(22(26,3)4)28(31)20(29)25-17-9-5-7-15(23)11-17/h5-12,14,19,31H,13H2,1-4H3,(H,25,29)/t19-/m1/s1. The average Bonchev–Trinajstić information content (AvgIpc) is 2.87. The van der Waals surface area contributed by atoms with Crippen LogP contribution in [-0.4, -0.2) is 45.5 Å². The third-order valence-electron chi connectivity index (χ3n) is 5.16. The molecule has 4 amide bonds. The molecule has 0 radical (unpaired) electrons. The zero-order valence-electron chi connectivity index (χ0n) is 17.8. The van der Waals surface area contributed by atoms with Crippen molar-refractivity contribution in [2.75, 3.05) is 16.8 Å². The minimum absolute atomic E-state index is 0.190. The van der Waals surface area contributed by atoms with Crippen molar-refractivity contribution in [1.29, 1.82) is 0 Å². The highest BCUT2D eigenvalue weighted by atomic mass is 35.5. The van der Waals surface area contributed by atoms with Gasteiger partial charge < -0.3 is 10.2 Å². The molecule has 1 heterocycles. The van der Waals surface area contributed by atoms with Gasteiger partial charge in [0.2, 0.25) is 0 Å². The molecule has 0 spiro atoms. The van der Waals surface area contributed by atoms with Gasteiger partial charge >= 0.3 is 12.1 Å². The number of hydrogen-bond donors (Lipinski definition) is 2. The van der Waals surface area contributed by atoms with Crippen LogP contribution >= 0.6 is 23.2 Å². The summed E-state index contributed by atoms with van der Waals surface area (Å²) in [5.41, 5.74) is 0.00726. The zero-order chi connectivity index (χ0) is 22.9. The monoisotopic (exact) mass is 464 g/mol. The Balaban J connectivity index is 1.99. The third kappa shape index (κ3) is 4.74. The van der Waals surface area contributed by atoms with E-state index in [9.17, 15) is 14.8 Å². The van der Waals surface area contributed by atoms with Gasteiger partial charge in [-0.25, -0.2) is 9.59 Å². The summed E-state index contributed by atoms with van der Waals surface area (Å²) in [5.74, 6) is 0.190. The number of nitrogens with one attached hydrogen (secondary N) is 1. The predicted octanol–water partition coefficient (Wildman–Crippen LogP) is 5.92. The second-order valence-corrected chi connectivity index (χ2v) is 9.32. The molecule has 2 aromatic rings. The summed E-state index contributed by atoms with van der Waals surface area (Å²) < 4.78 is 0. The first-order chi connectivity index (χ1) is 14.5. The van der Waals surface area contributed by atoms with Crippen LogP contribution in [0, 0.1) is 5.92 Å². The van der Waals surface area contributed by atoms with Gasteiger partial charge in [0.15, 0.2) is 6.17 Å². The van der Waals surface area contributed by atoms with Crippen LogP contribution in [0.2, 0.25) is 10.0 Å². The van der Waals surface area contributed by atoms with Crippen LogP contribution in [0.5, 0.6) is 0 Å². The summed E-state index contributed by atoms with van der Waals surface area (Å²) in [4.78, 5) is 29.4. The predicted molar refractivity (Wildman–Crippen MR) is 123 cm³/mol. The normalized spacial score (nSPS) is 17.9. The van der Waals surface area contributed by atoms with E-state index < -0.39 is 17.7 Å². The molecule has 1 fully saturated rings. The lowest BCUT2D eigenvalue weighted by Crippen LogP contribution is -2.58. The molecule has 166 valence electrons. The first-order valence-corrected chi connectivity index (χ1v) is 10.7. The number of urea groups is 2. The molecule has 0 aromatic heterocycles. The number of halogens is 2. The molecule has 3 rings (SSSR count). The van der Waals surface area contributed by atoms with Crippen LogP contribution < -0.4 is 10.2 Å². The second kappa shape index (κ2) is 8.94. The summed E-state index contributed by atoms with van der Waals surface area (Å²) in [5, 5.41) is 15.1. The van der Waals surface area contributed by atoms with Gasteiger partial charge in [-0.05, 0) is 56.2 Å². The van der Waals surface area contributed by atoms with Crippen LogP contribution in [0.15, 0.2) is 48.5 Å². The van der Waals surface area contributed by atoms with E-state index in [2.05, 4.69) is 5.32 Å². The Hall–Kier alpha value is -2.48. The Morgan fingerprint density at radius 3 is 2.35 bits per heavy atom. The summed E-state index contributed by atoms with van der Waals surface area (Å²) in [6.07, 6.45) is -1.00. The average molecular weight is 465 g/mol. The van der Waals surface area contributed by atoms with E-state index in [4.69, 9.17) is 23.2 Å². The van der Waals surface area contributed by atoms with Crippen molar-refractivity contribution >= 4 is 46.6 Å². The number of anilines is 2. The maximum atomic E-state index is 13.4. The molecule has 1 aliphatic heterocycles. The van der Waals surface area contributed by atoms with E-state index in [-0.39, 0.29) is 11.9 Å². The molecule has 9 heteroatoms. The lowest BCUT2D eigenvalue weighted by atomic mass is 9.98. The number of hydrogen-bond acceptors (Lipinski definition) is 3. The molecule has 0 unspecified atom stereocenters. The van der Waals surface area contributed by atoms with Gasteiger partial charge in [0, 0.05) is 28.0 Å². The summed E-state index contributed by atoms with van der Waals surface area (Å²) in [7, 11) is 0. The van der Waals surface area contributed by atoms with Crippen LogP contribution in [0.25, 0.3) is 0 Å². The molecule has 31 heavy (non-hydrogen) atoms. The Morgan fingerprint density at radius 2 is 1.77 bits per heavy atom. The summed E-state index contributed by atoms with van der Waals surface area (Å²) in [6, 6.07) is 12.2. The van der Waals surface area contributed by atoms with Crippen molar-refractivity contribution in [2.45, 2.75) is 39.4 Å². The largest absolute Gasteiger partial charge is 0.347 e. The molecule has 7 nitrogen and oxygen atoms in total. The van der Waals surface area contributed by atoms with E-state index in [1.54, 1.807) is 53.4 Å². The van der Waals surface area contributed by atoms with E-state index in [0.29, 0.717) is 33.0 Å². The first-order valence-electron chi connectivity index (χ1n) is 9.93. The minimum atomic E-state index is -1.00. The number of carbonyl (C=O) groups is 2. The molecule has 1 aliphatic rings. The molecule has 0 saturated carbocycles. The maximum absolute atomic E-state index is 13.4. The number of benzene rings is 2. The Labute approximate surface area is 192 Å². The molecule has 1 saturated heterocycles. The van der Waals surface area contributed by atoms with Crippen molar-refractivity contribution in [3.63, 3.8) is 0 Å². The molecule has 1 atom stereocenters. The van der Waals surface area contributed by atoms with Gasteiger partial charge in [-0.3, -0.25) is 10.1 Å². The number of hydroxylamine groups is 2. The molecule has 2 N–H and O–H groups in total. The van der Waals surface area contributed by atoms with E-state index >= 15 is 0 Å². The first kappa shape index (κ1) is 23.2. The summed E-state index contributed by atoms with van der Waals surface area (Å²) in [6.45, 7) is 8.10. The SMILES string of the molecule is CC(C)CN1C(=O)N(c2cccc(Cl)c2)[C@H](N(O)C(=O)Nc2cccc(Cl)c2)C1(C)C. The van der Waals surface area contributed by atoms with Gasteiger partial charge in [-0.1, -0.05) is 49.2 Å². The van der Waals surface area contributed by atoms with Gasteiger partial charge in [0.25, 0.3) is 0 Å². The van der Waals surface area contributed by atoms with Gasteiger partial charge in [0.05, 0.1) is 5.54 Å². The highest BCUT2D eigenvalue weighted by Crippen LogP contribution is 2.39. The molecular formula is C22H26Cl2N4O3. The molecular weight excluding hydrogens is 439 g/mol. The molecule has 2 aromatic carbocycles. The van der Waals surface area contributed by atoms with E-state index in [0.717, 1.165) is 0 Å². The summed E-state index contributed by atoms with van der Waals surface area (Å²) >= 11 is 12.1. The Bertz CT molecular complexity index is 983. The van der Waals surface area contributed by atoms with Gasteiger partial charge in [-0.2, -0.15) is 5.06 Å². The molecule has 0 aliphatic carbocycles. The van der Waals surface area contributed by atoms with Crippen molar-refractivity contribution in [3.05, 3.63) is 58.6 Å². The van der Waals surface area contributed by atoms with Crippen LogP contribution in [0.4, 0.5) is 21.0 Å². The smallest absolute Gasteiger partial charge is 0.315 e. The van der Waals surface area contributed by atoms with E-state index in [1.807, 2.05) is 27.7 Å². The fourth-order valence-electron chi connectivity index (χ4n) is 3.76. The van der Waals surface area contributed by atoms with Crippen molar-refractivity contribution in [1.82, 2.24) is 9.96 Å². The van der Waals surface area contributed by atoms with Crippen molar-refractivity contribution in [3.8, 4) is 0 Å². The Morgan fingerprint density at radius 1 is 1.16 bits per heavy atom. The van der Waals surface area contributed by atoms with Gasteiger partial charge in [-0.15, -0.1) is 0 Å². The third-order valence-corrected chi connectivity index (χ3v) is 5.63. The number of nitrogens with zero attached hydrogens (tertiary/aromatic N) is 3. The van der Waals surface area contributed by atoms with Gasteiger partial charge in [0.1, 0.15) is 0 Å². The minimum Gasteiger partial charge on any atom is -0.315 e. The second-order valence-electron chi connectivity index (χ2n) is 8.45. The molecule has 0 bridgehead atoms.